The summed E-state index contributed by atoms with van der Waals surface area (Å²) < 4.78 is 15.3. The Morgan fingerprint density at radius 1 is 1.50 bits per heavy atom. The summed E-state index contributed by atoms with van der Waals surface area (Å²) in [4.78, 5) is 13.4. The number of halogens is 1. The van der Waals surface area contributed by atoms with Gasteiger partial charge < -0.3 is 19.1 Å². The number of ether oxygens (including phenoxy) is 3. The number of carbonyl (C=O) groups excluding carboxylic acids is 1. The van der Waals surface area contributed by atoms with Crippen LogP contribution in [0.15, 0.2) is 12.1 Å². The van der Waals surface area contributed by atoms with Crippen LogP contribution in [0.5, 0.6) is 11.5 Å². The van der Waals surface area contributed by atoms with Crippen LogP contribution in [0.2, 0.25) is 5.02 Å². The Labute approximate surface area is 123 Å². The van der Waals surface area contributed by atoms with E-state index in [1.807, 2.05) is 31.0 Å². The Hall–Kier alpha value is -1.46. The molecule has 1 aromatic carbocycles. The molecule has 1 heterocycles. The molecule has 0 N–H and O–H groups in total. The van der Waals surface area contributed by atoms with E-state index in [0.717, 1.165) is 5.56 Å². The number of fused-ring (bicyclic) bond motifs is 1. The van der Waals surface area contributed by atoms with Crippen molar-refractivity contribution in [1.29, 1.82) is 0 Å². The van der Waals surface area contributed by atoms with Crippen LogP contribution in [0.1, 0.15) is 12.5 Å². The van der Waals surface area contributed by atoms with Gasteiger partial charge in [-0.25, -0.2) is 0 Å². The SMILES string of the molecule is COC(=O)C(C)CN(C)Cc1cc(Cl)c2c(c1)OCO2. The molecule has 0 saturated heterocycles. The molecular weight excluding hydrogens is 282 g/mol. The second-order valence-corrected chi connectivity index (χ2v) is 5.34. The van der Waals surface area contributed by atoms with Crippen molar-refractivity contribution in [1.82, 2.24) is 4.90 Å². The van der Waals surface area contributed by atoms with Crippen LogP contribution in [0.4, 0.5) is 0 Å². The second kappa shape index (κ2) is 6.33. The van der Waals surface area contributed by atoms with Crippen LogP contribution in [0.3, 0.4) is 0 Å². The lowest BCUT2D eigenvalue weighted by Gasteiger charge is -2.20. The predicted octanol–water partition coefficient (Wildman–Crippen LogP) is 2.31. The monoisotopic (exact) mass is 299 g/mol. The predicted molar refractivity (Wildman–Crippen MR) is 75.1 cm³/mol. The Morgan fingerprint density at radius 3 is 2.95 bits per heavy atom. The third-order valence-electron chi connectivity index (χ3n) is 3.13. The summed E-state index contributed by atoms with van der Waals surface area (Å²) in [6, 6.07) is 3.77. The number of benzene rings is 1. The van der Waals surface area contributed by atoms with Gasteiger partial charge in [-0.3, -0.25) is 4.79 Å². The molecule has 1 atom stereocenters. The summed E-state index contributed by atoms with van der Waals surface area (Å²) >= 11 is 6.14. The van der Waals surface area contributed by atoms with E-state index >= 15 is 0 Å². The molecular formula is C14H18ClNO4. The van der Waals surface area contributed by atoms with Gasteiger partial charge in [-0.1, -0.05) is 18.5 Å². The Kier molecular flexibility index (Phi) is 4.73. The van der Waals surface area contributed by atoms with Crippen LogP contribution in [0, 0.1) is 5.92 Å². The van der Waals surface area contributed by atoms with Gasteiger partial charge in [-0.05, 0) is 24.7 Å². The van der Waals surface area contributed by atoms with Crippen molar-refractivity contribution < 1.29 is 19.0 Å². The fourth-order valence-electron chi connectivity index (χ4n) is 2.23. The van der Waals surface area contributed by atoms with Crippen molar-refractivity contribution in [3.8, 4) is 11.5 Å². The van der Waals surface area contributed by atoms with E-state index in [2.05, 4.69) is 0 Å². The minimum Gasteiger partial charge on any atom is -0.469 e. The van der Waals surface area contributed by atoms with Crippen LogP contribution < -0.4 is 9.47 Å². The van der Waals surface area contributed by atoms with Crippen molar-refractivity contribution >= 4 is 17.6 Å². The summed E-state index contributed by atoms with van der Waals surface area (Å²) in [5.41, 5.74) is 1.01. The highest BCUT2D eigenvalue weighted by Crippen LogP contribution is 2.39. The van der Waals surface area contributed by atoms with Crippen molar-refractivity contribution in [3.05, 3.63) is 22.7 Å². The van der Waals surface area contributed by atoms with E-state index in [1.165, 1.54) is 7.11 Å². The maximum Gasteiger partial charge on any atom is 0.309 e. The van der Waals surface area contributed by atoms with E-state index in [0.29, 0.717) is 29.6 Å². The lowest BCUT2D eigenvalue weighted by atomic mass is 10.1. The summed E-state index contributed by atoms with van der Waals surface area (Å²) in [6.45, 7) is 3.32. The highest BCUT2D eigenvalue weighted by Gasteiger charge is 2.20. The van der Waals surface area contributed by atoms with Gasteiger partial charge in [-0.15, -0.1) is 0 Å². The maximum absolute atomic E-state index is 11.4. The van der Waals surface area contributed by atoms with Gasteiger partial charge in [0.05, 0.1) is 18.1 Å². The van der Waals surface area contributed by atoms with Crippen molar-refractivity contribution in [2.24, 2.45) is 5.92 Å². The molecule has 0 amide bonds. The molecule has 0 aliphatic carbocycles. The van der Waals surface area contributed by atoms with Crippen molar-refractivity contribution in [2.45, 2.75) is 13.5 Å². The highest BCUT2D eigenvalue weighted by atomic mass is 35.5. The minimum atomic E-state index is -0.208. The minimum absolute atomic E-state index is 0.172. The van der Waals surface area contributed by atoms with E-state index in [4.69, 9.17) is 25.8 Å². The summed E-state index contributed by atoms with van der Waals surface area (Å²) in [6.07, 6.45) is 0. The second-order valence-electron chi connectivity index (χ2n) is 4.93. The first-order valence-electron chi connectivity index (χ1n) is 6.35. The molecule has 0 spiro atoms. The first-order chi connectivity index (χ1) is 9.51. The van der Waals surface area contributed by atoms with Crippen LogP contribution in [0.25, 0.3) is 0 Å². The molecule has 2 rings (SSSR count). The zero-order valence-electron chi connectivity index (χ0n) is 11.8. The number of hydrogen-bond acceptors (Lipinski definition) is 5. The van der Waals surface area contributed by atoms with Crippen LogP contribution in [-0.2, 0) is 16.1 Å². The summed E-state index contributed by atoms with van der Waals surface area (Å²) in [7, 11) is 3.34. The lowest BCUT2D eigenvalue weighted by Crippen LogP contribution is -2.29. The van der Waals surface area contributed by atoms with Crippen molar-refractivity contribution in [2.75, 3.05) is 27.5 Å². The zero-order chi connectivity index (χ0) is 14.7. The van der Waals surface area contributed by atoms with Crippen LogP contribution >= 0.6 is 11.6 Å². The van der Waals surface area contributed by atoms with Gasteiger partial charge in [0.1, 0.15) is 0 Å². The normalized spacial score (nSPS) is 14.4. The molecule has 0 saturated carbocycles. The molecule has 0 radical (unpaired) electrons. The zero-order valence-corrected chi connectivity index (χ0v) is 12.6. The molecule has 0 fully saturated rings. The van der Waals surface area contributed by atoms with Gasteiger partial charge in [-0.2, -0.15) is 0 Å². The molecule has 0 bridgehead atoms. The fourth-order valence-corrected chi connectivity index (χ4v) is 2.52. The van der Waals surface area contributed by atoms with Gasteiger partial charge in [0.15, 0.2) is 11.5 Å². The summed E-state index contributed by atoms with van der Waals surface area (Å²) in [5, 5.41) is 0.546. The number of hydrogen-bond donors (Lipinski definition) is 0. The third kappa shape index (κ3) is 3.35. The molecule has 1 aromatic rings. The Bertz CT molecular complexity index is 506. The van der Waals surface area contributed by atoms with E-state index in [1.54, 1.807) is 0 Å². The Balaban J connectivity index is 2.00. The van der Waals surface area contributed by atoms with Crippen LogP contribution in [-0.4, -0.2) is 38.4 Å². The van der Waals surface area contributed by atoms with Gasteiger partial charge in [0, 0.05) is 13.1 Å². The molecule has 5 nitrogen and oxygen atoms in total. The fraction of sp³-hybridized carbons (Fsp3) is 0.500. The largest absolute Gasteiger partial charge is 0.469 e. The standard InChI is InChI=1S/C14H18ClNO4/c1-9(14(17)18-3)6-16(2)7-10-4-11(15)13-12(5-10)19-8-20-13/h4-5,9H,6-8H2,1-3H3. The van der Waals surface area contributed by atoms with E-state index < -0.39 is 0 Å². The number of esters is 1. The van der Waals surface area contributed by atoms with E-state index in [-0.39, 0.29) is 18.7 Å². The molecule has 20 heavy (non-hydrogen) atoms. The van der Waals surface area contributed by atoms with E-state index in [9.17, 15) is 4.79 Å². The van der Waals surface area contributed by atoms with Gasteiger partial charge in [0.25, 0.3) is 0 Å². The molecule has 6 heteroatoms. The molecule has 110 valence electrons. The molecule has 1 aliphatic rings. The smallest absolute Gasteiger partial charge is 0.309 e. The molecule has 1 unspecified atom stereocenters. The quantitative estimate of drug-likeness (QED) is 0.781. The first kappa shape index (κ1) is 14.9. The van der Waals surface area contributed by atoms with Gasteiger partial charge in [0.2, 0.25) is 6.79 Å². The molecule has 0 aromatic heterocycles. The number of rotatable bonds is 5. The first-order valence-corrected chi connectivity index (χ1v) is 6.73. The van der Waals surface area contributed by atoms with Crippen molar-refractivity contribution in [3.63, 3.8) is 0 Å². The average molecular weight is 300 g/mol. The molecule has 1 aliphatic heterocycles. The highest BCUT2D eigenvalue weighted by molar-refractivity contribution is 6.32. The average Bonchev–Trinajstić information content (AvgIpc) is 2.86. The number of nitrogens with zero attached hydrogens (tertiary/aromatic N) is 1. The summed E-state index contributed by atoms with van der Waals surface area (Å²) in [5.74, 6) is 0.887. The Morgan fingerprint density at radius 2 is 2.25 bits per heavy atom. The third-order valence-corrected chi connectivity index (χ3v) is 3.41. The lowest BCUT2D eigenvalue weighted by molar-refractivity contribution is -0.145. The van der Waals surface area contributed by atoms with Gasteiger partial charge >= 0.3 is 5.97 Å². The topological polar surface area (TPSA) is 48.0 Å². The maximum atomic E-state index is 11.4. The number of carbonyl (C=O) groups is 1. The number of methoxy groups -OCH3 is 1.